The van der Waals surface area contributed by atoms with E-state index in [9.17, 15) is 9.59 Å². The number of halogens is 1. The van der Waals surface area contributed by atoms with Crippen LogP contribution in [0.5, 0.6) is 0 Å². The van der Waals surface area contributed by atoms with E-state index in [0.717, 1.165) is 13.1 Å². The highest BCUT2D eigenvalue weighted by molar-refractivity contribution is 6.33. The van der Waals surface area contributed by atoms with E-state index in [2.05, 4.69) is 20.3 Å². The Balaban J connectivity index is 1.63. The molecule has 0 aromatic carbocycles. The van der Waals surface area contributed by atoms with Gasteiger partial charge in [-0.15, -0.1) is 0 Å². The number of hydrogen-bond donors (Lipinski definition) is 1. The average Bonchev–Trinajstić information content (AvgIpc) is 2.76. The predicted molar refractivity (Wildman–Crippen MR) is 112 cm³/mol. The van der Waals surface area contributed by atoms with E-state index in [4.69, 9.17) is 11.6 Å². The van der Waals surface area contributed by atoms with Crippen molar-refractivity contribution in [2.24, 2.45) is 5.92 Å². The number of rotatable bonds is 6. The summed E-state index contributed by atoms with van der Waals surface area (Å²) in [6, 6.07) is 5.37. The van der Waals surface area contributed by atoms with Crippen LogP contribution in [-0.4, -0.2) is 57.8 Å². The van der Waals surface area contributed by atoms with E-state index in [1.807, 2.05) is 24.8 Å². The predicted octanol–water partition coefficient (Wildman–Crippen LogP) is 2.86. The quantitative estimate of drug-likeness (QED) is 0.778. The number of aromatic nitrogens is 3. The molecule has 2 aromatic rings. The van der Waals surface area contributed by atoms with Gasteiger partial charge in [0.15, 0.2) is 5.69 Å². The van der Waals surface area contributed by atoms with Crippen LogP contribution in [0.25, 0.3) is 0 Å². The zero-order chi connectivity index (χ0) is 20.8. The van der Waals surface area contributed by atoms with Crippen molar-refractivity contribution in [3.63, 3.8) is 0 Å². The Kier molecular flexibility index (Phi) is 6.98. The Hall–Kier alpha value is -2.74. The molecular formula is C20H25ClN6O2. The van der Waals surface area contributed by atoms with Gasteiger partial charge in [-0.05, 0) is 38.8 Å². The third-order valence-electron chi connectivity index (χ3n) is 5.05. The summed E-state index contributed by atoms with van der Waals surface area (Å²) in [6.07, 6.45) is 4.27. The van der Waals surface area contributed by atoms with Crippen molar-refractivity contribution >= 4 is 35.2 Å². The molecule has 0 unspecified atom stereocenters. The van der Waals surface area contributed by atoms with Crippen molar-refractivity contribution in [1.29, 1.82) is 0 Å². The molecule has 8 nitrogen and oxygen atoms in total. The van der Waals surface area contributed by atoms with Gasteiger partial charge in [-0.3, -0.25) is 9.59 Å². The fourth-order valence-corrected chi connectivity index (χ4v) is 3.50. The van der Waals surface area contributed by atoms with Crippen molar-refractivity contribution < 1.29 is 9.59 Å². The molecule has 0 atom stereocenters. The first-order valence-electron chi connectivity index (χ1n) is 9.82. The monoisotopic (exact) mass is 416 g/mol. The van der Waals surface area contributed by atoms with Crippen LogP contribution in [0.3, 0.4) is 0 Å². The maximum atomic E-state index is 13.0. The molecule has 3 rings (SSSR count). The van der Waals surface area contributed by atoms with Crippen molar-refractivity contribution in [3.05, 3.63) is 41.3 Å². The molecule has 0 aliphatic carbocycles. The third kappa shape index (κ3) is 5.00. The Morgan fingerprint density at radius 1 is 1.21 bits per heavy atom. The van der Waals surface area contributed by atoms with Gasteiger partial charge in [0.2, 0.25) is 11.9 Å². The molecule has 2 aromatic heterocycles. The minimum absolute atomic E-state index is 0.0697. The number of nitrogens with one attached hydrogen (secondary N) is 1. The molecule has 29 heavy (non-hydrogen) atoms. The van der Waals surface area contributed by atoms with Crippen molar-refractivity contribution in [2.45, 2.75) is 26.7 Å². The van der Waals surface area contributed by atoms with Crippen molar-refractivity contribution in [3.8, 4) is 0 Å². The molecular weight excluding hydrogens is 392 g/mol. The molecule has 1 fully saturated rings. The second-order valence-electron chi connectivity index (χ2n) is 6.81. The van der Waals surface area contributed by atoms with Crippen LogP contribution in [0.4, 0.5) is 11.8 Å². The van der Waals surface area contributed by atoms with E-state index < -0.39 is 0 Å². The summed E-state index contributed by atoms with van der Waals surface area (Å²) in [5.74, 6) is 0.572. The van der Waals surface area contributed by atoms with Gasteiger partial charge in [0.1, 0.15) is 5.82 Å². The van der Waals surface area contributed by atoms with Crippen LogP contribution in [-0.2, 0) is 4.79 Å². The van der Waals surface area contributed by atoms with Gasteiger partial charge < -0.3 is 15.1 Å². The van der Waals surface area contributed by atoms with E-state index in [0.29, 0.717) is 37.7 Å². The Labute approximate surface area is 175 Å². The number of piperidine rings is 1. The summed E-state index contributed by atoms with van der Waals surface area (Å²) in [5.41, 5.74) is 0.208. The van der Waals surface area contributed by atoms with Crippen molar-refractivity contribution in [1.82, 2.24) is 19.9 Å². The van der Waals surface area contributed by atoms with Crippen LogP contribution >= 0.6 is 11.6 Å². The van der Waals surface area contributed by atoms with Crippen LogP contribution in [0.1, 0.15) is 37.2 Å². The molecule has 154 valence electrons. The molecule has 1 saturated heterocycles. The summed E-state index contributed by atoms with van der Waals surface area (Å²) < 4.78 is 0. The van der Waals surface area contributed by atoms with Crippen LogP contribution in [0.15, 0.2) is 30.6 Å². The van der Waals surface area contributed by atoms with Crippen molar-refractivity contribution in [2.75, 3.05) is 36.4 Å². The highest BCUT2D eigenvalue weighted by Gasteiger charge is 2.30. The van der Waals surface area contributed by atoms with Gasteiger partial charge in [-0.25, -0.2) is 15.0 Å². The fraction of sp³-hybridized carbons (Fsp3) is 0.450. The number of amides is 2. The number of carbonyl (C=O) groups is 2. The lowest BCUT2D eigenvalue weighted by Crippen LogP contribution is -2.42. The van der Waals surface area contributed by atoms with Gasteiger partial charge in [-0.2, -0.15) is 0 Å². The van der Waals surface area contributed by atoms with Crippen LogP contribution in [0, 0.1) is 5.92 Å². The van der Waals surface area contributed by atoms with Crippen LogP contribution in [0.2, 0.25) is 5.02 Å². The first-order valence-corrected chi connectivity index (χ1v) is 10.2. The zero-order valence-electron chi connectivity index (χ0n) is 16.6. The first kappa shape index (κ1) is 21.0. The molecule has 1 N–H and O–H groups in total. The maximum absolute atomic E-state index is 13.0. The Morgan fingerprint density at radius 3 is 2.55 bits per heavy atom. The minimum atomic E-state index is -0.227. The highest BCUT2D eigenvalue weighted by Crippen LogP contribution is 2.23. The van der Waals surface area contributed by atoms with Gasteiger partial charge >= 0.3 is 0 Å². The van der Waals surface area contributed by atoms with Gasteiger partial charge in [0, 0.05) is 38.3 Å². The Bertz CT molecular complexity index is 851. The molecule has 0 saturated carbocycles. The lowest BCUT2D eigenvalue weighted by Gasteiger charge is -2.31. The molecule has 1 aliphatic heterocycles. The molecule has 9 heteroatoms. The number of carbonyl (C=O) groups excluding carboxylic acids is 2. The number of pyridine rings is 1. The summed E-state index contributed by atoms with van der Waals surface area (Å²) >= 11 is 6.21. The summed E-state index contributed by atoms with van der Waals surface area (Å²) in [4.78, 5) is 41.8. The van der Waals surface area contributed by atoms with E-state index >= 15 is 0 Å². The third-order valence-corrected chi connectivity index (χ3v) is 5.33. The second-order valence-corrected chi connectivity index (χ2v) is 7.22. The summed E-state index contributed by atoms with van der Waals surface area (Å²) in [6.45, 7) is 6.43. The average molecular weight is 417 g/mol. The summed E-state index contributed by atoms with van der Waals surface area (Å²) in [5, 5.41) is 3.07. The van der Waals surface area contributed by atoms with Gasteiger partial charge in [0.05, 0.1) is 11.2 Å². The van der Waals surface area contributed by atoms with E-state index in [1.54, 1.807) is 23.2 Å². The molecule has 0 spiro atoms. The molecule has 1 aliphatic rings. The van der Waals surface area contributed by atoms with E-state index in [-0.39, 0.29) is 28.4 Å². The minimum Gasteiger partial charge on any atom is -0.341 e. The SMILES string of the molecule is CCN(CC)c1ncc(Cl)c(C(=O)N2CCC(C(=O)Nc3ccccn3)CC2)n1. The lowest BCUT2D eigenvalue weighted by atomic mass is 9.95. The molecule has 3 heterocycles. The smallest absolute Gasteiger partial charge is 0.274 e. The number of nitrogens with zero attached hydrogens (tertiary/aromatic N) is 5. The number of anilines is 2. The standard InChI is InChI=1S/C20H25ClN6O2/c1-3-26(4-2)20-23-13-15(21)17(25-20)19(29)27-11-8-14(9-12-27)18(28)24-16-7-5-6-10-22-16/h5-7,10,13-14H,3-4,8-9,11-12H2,1-2H3,(H,22,24,28). The second kappa shape index (κ2) is 9.65. The topological polar surface area (TPSA) is 91.3 Å². The normalized spacial score (nSPS) is 14.5. The molecule has 0 bridgehead atoms. The van der Waals surface area contributed by atoms with Gasteiger partial charge in [-0.1, -0.05) is 17.7 Å². The van der Waals surface area contributed by atoms with E-state index in [1.165, 1.54) is 6.20 Å². The highest BCUT2D eigenvalue weighted by atomic mass is 35.5. The molecule has 2 amide bonds. The number of likely N-dealkylation sites (tertiary alicyclic amines) is 1. The fourth-order valence-electron chi connectivity index (χ4n) is 3.33. The largest absolute Gasteiger partial charge is 0.341 e. The zero-order valence-corrected chi connectivity index (χ0v) is 17.4. The molecule has 0 radical (unpaired) electrons. The summed E-state index contributed by atoms with van der Waals surface area (Å²) in [7, 11) is 0. The first-order chi connectivity index (χ1) is 14.0. The van der Waals surface area contributed by atoms with Crippen LogP contribution < -0.4 is 10.2 Å². The lowest BCUT2D eigenvalue weighted by molar-refractivity contribution is -0.121. The maximum Gasteiger partial charge on any atom is 0.274 e. The number of hydrogen-bond acceptors (Lipinski definition) is 6. The Morgan fingerprint density at radius 2 is 1.93 bits per heavy atom. The van der Waals surface area contributed by atoms with Gasteiger partial charge in [0.25, 0.3) is 5.91 Å².